The minimum absolute atomic E-state index is 0.140. The predicted molar refractivity (Wildman–Crippen MR) is 117 cm³/mol. The first-order valence-electron chi connectivity index (χ1n) is 8.42. The number of rotatable bonds is 5. The Labute approximate surface area is 175 Å². The largest absolute Gasteiger partial charge is 0.279 e. The van der Waals surface area contributed by atoms with Crippen LogP contribution in [0.3, 0.4) is 0 Å². The van der Waals surface area contributed by atoms with Gasteiger partial charge in [-0.2, -0.15) is 5.10 Å². The standard InChI is InChI=1S/C20H16BrN3O2S2/c1-14-12-15(21)9-10-17(14)23-28(25,26)19-13-24(16-6-3-2-4-7-16)22-20(19)18-8-5-11-27-18/h2-13,23H,1H3. The summed E-state index contributed by atoms with van der Waals surface area (Å²) in [6.45, 7) is 1.86. The fraction of sp³-hybridized carbons (Fsp3) is 0.0500. The zero-order valence-corrected chi connectivity index (χ0v) is 18.1. The van der Waals surface area contributed by atoms with Gasteiger partial charge >= 0.3 is 0 Å². The van der Waals surface area contributed by atoms with Crippen molar-refractivity contribution in [3.8, 4) is 16.3 Å². The van der Waals surface area contributed by atoms with E-state index in [-0.39, 0.29) is 4.90 Å². The number of aromatic nitrogens is 2. The van der Waals surface area contributed by atoms with Crippen LogP contribution in [0.2, 0.25) is 0 Å². The summed E-state index contributed by atoms with van der Waals surface area (Å²) < 4.78 is 31.6. The van der Waals surface area contributed by atoms with Crippen molar-refractivity contribution in [3.05, 3.63) is 82.3 Å². The molecule has 2 heterocycles. The van der Waals surface area contributed by atoms with E-state index in [0.29, 0.717) is 11.4 Å². The van der Waals surface area contributed by atoms with Gasteiger partial charge < -0.3 is 0 Å². The first-order valence-corrected chi connectivity index (χ1v) is 11.6. The van der Waals surface area contributed by atoms with Gasteiger partial charge in [0.2, 0.25) is 0 Å². The molecule has 28 heavy (non-hydrogen) atoms. The highest BCUT2D eigenvalue weighted by molar-refractivity contribution is 9.10. The number of aryl methyl sites for hydroxylation is 1. The molecule has 8 heteroatoms. The predicted octanol–water partition coefficient (Wildman–Crippen LogP) is 5.47. The van der Waals surface area contributed by atoms with Crippen molar-refractivity contribution in [2.24, 2.45) is 0 Å². The van der Waals surface area contributed by atoms with E-state index in [1.165, 1.54) is 11.3 Å². The fourth-order valence-electron chi connectivity index (χ4n) is 2.79. The summed E-state index contributed by atoms with van der Waals surface area (Å²) in [5, 5.41) is 6.47. The van der Waals surface area contributed by atoms with Gasteiger partial charge in [-0.05, 0) is 54.3 Å². The summed E-state index contributed by atoms with van der Waals surface area (Å²) >= 11 is 4.85. The van der Waals surface area contributed by atoms with Gasteiger partial charge in [0.15, 0.2) is 0 Å². The van der Waals surface area contributed by atoms with Crippen LogP contribution in [0.1, 0.15) is 5.56 Å². The lowest BCUT2D eigenvalue weighted by atomic mass is 10.2. The Kier molecular flexibility index (Phi) is 5.09. The monoisotopic (exact) mass is 473 g/mol. The van der Waals surface area contributed by atoms with E-state index in [1.807, 2.05) is 60.8 Å². The molecule has 142 valence electrons. The average Bonchev–Trinajstić information content (AvgIpc) is 3.34. The Morgan fingerprint density at radius 1 is 1.07 bits per heavy atom. The molecule has 2 aromatic heterocycles. The maximum absolute atomic E-state index is 13.2. The second-order valence-electron chi connectivity index (χ2n) is 6.16. The Bertz CT molecular complexity index is 1220. The lowest BCUT2D eigenvalue weighted by Crippen LogP contribution is -2.14. The number of benzene rings is 2. The Balaban J connectivity index is 1.82. The van der Waals surface area contributed by atoms with Crippen LogP contribution in [0.4, 0.5) is 5.69 Å². The molecule has 0 atom stereocenters. The molecule has 0 saturated heterocycles. The lowest BCUT2D eigenvalue weighted by Gasteiger charge is -2.10. The molecule has 0 bridgehead atoms. The highest BCUT2D eigenvalue weighted by atomic mass is 79.9. The molecule has 2 aromatic carbocycles. The summed E-state index contributed by atoms with van der Waals surface area (Å²) in [6.07, 6.45) is 1.56. The summed E-state index contributed by atoms with van der Waals surface area (Å²) in [4.78, 5) is 0.934. The summed E-state index contributed by atoms with van der Waals surface area (Å²) in [5.41, 5.74) is 2.58. The van der Waals surface area contributed by atoms with Crippen LogP contribution < -0.4 is 4.72 Å². The van der Waals surface area contributed by atoms with Crippen molar-refractivity contribution in [2.45, 2.75) is 11.8 Å². The number of anilines is 1. The first kappa shape index (κ1) is 18.9. The summed E-state index contributed by atoms with van der Waals surface area (Å²) in [6, 6.07) is 18.6. The van der Waals surface area contributed by atoms with E-state index in [4.69, 9.17) is 0 Å². The van der Waals surface area contributed by atoms with Crippen molar-refractivity contribution in [1.29, 1.82) is 0 Å². The molecule has 0 aliphatic rings. The minimum Gasteiger partial charge on any atom is -0.279 e. The number of sulfonamides is 1. The third-order valence-electron chi connectivity index (χ3n) is 4.18. The topological polar surface area (TPSA) is 64.0 Å². The normalized spacial score (nSPS) is 11.5. The zero-order valence-electron chi connectivity index (χ0n) is 14.8. The maximum atomic E-state index is 13.2. The van der Waals surface area contributed by atoms with Crippen LogP contribution >= 0.6 is 27.3 Å². The second-order valence-corrected chi connectivity index (χ2v) is 9.68. The van der Waals surface area contributed by atoms with Crippen molar-refractivity contribution in [3.63, 3.8) is 0 Å². The van der Waals surface area contributed by atoms with Gasteiger partial charge in [-0.15, -0.1) is 11.3 Å². The minimum atomic E-state index is -3.83. The summed E-state index contributed by atoms with van der Waals surface area (Å²) in [7, 11) is -3.83. The lowest BCUT2D eigenvalue weighted by molar-refractivity contribution is 0.601. The number of hydrogen-bond acceptors (Lipinski definition) is 4. The number of nitrogens with one attached hydrogen (secondary N) is 1. The van der Waals surface area contributed by atoms with Crippen LogP contribution in [-0.4, -0.2) is 18.2 Å². The zero-order chi connectivity index (χ0) is 19.7. The second kappa shape index (κ2) is 7.54. The van der Waals surface area contributed by atoms with Crippen molar-refractivity contribution in [2.75, 3.05) is 4.72 Å². The van der Waals surface area contributed by atoms with E-state index >= 15 is 0 Å². The molecule has 0 fully saturated rings. The third kappa shape index (κ3) is 3.76. The molecule has 0 unspecified atom stereocenters. The highest BCUT2D eigenvalue weighted by Crippen LogP contribution is 2.32. The molecule has 0 amide bonds. The van der Waals surface area contributed by atoms with E-state index in [0.717, 1.165) is 20.6 Å². The van der Waals surface area contributed by atoms with Gasteiger partial charge in [-0.25, -0.2) is 13.1 Å². The van der Waals surface area contributed by atoms with E-state index < -0.39 is 10.0 Å². The molecule has 1 N–H and O–H groups in total. The molecule has 0 spiro atoms. The third-order valence-corrected chi connectivity index (χ3v) is 6.91. The molecule has 4 aromatic rings. The van der Waals surface area contributed by atoms with E-state index in [1.54, 1.807) is 23.0 Å². The number of hydrogen-bond donors (Lipinski definition) is 1. The van der Waals surface area contributed by atoms with Crippen molar-refractivity contribution >= 4 is 43.0 Å². The number of nitrogens with zero attached hydrogens (tertiary/aromatic N) is 2. The van der Waals surface area contributed by atoms with Gasteiger partial charge in [-0.1, -0.05) is 40.2 Å². The van der Waals surface area contributed by atoms with Gasteiger partial charge in [0, 0.05) is 4.47 Å². The van der Waals surface area contributed by atoms with E-state index in [2.05, 4.69) is 25.8 Å². The number of thiophene rings is 1. The quantitative estimate of drug-likeness (QED) is 0.417. The van der Waals surface area contributed by atoms with Gasteiger partial charge in [0.05, 0.1) is 22.4 Å². The Morgan fingerprint density at radius 3 is 2.54 bits per heavy atom. The first-order chi connectivity index (χ1) is 13.4. The van der Waals surface area contributed by atoms with Crippen LogP contribution in [0.5, 0.6) is 0 Å². The SMILES string of the molecule is Cc1cc(Br)ccc1NS(=O)(=O)c1cn(-c2ccccc2)nc1-c1cccs1. The van der Waals surface area contributed by atoms with E-state index in [9.17, 15) is 8.42 Å². The van der Waals surface area contributed by atoms with Crippen LogP contribution in [0.25, 0.3) is 16.3 Å². The molecular weight excluding hydrogens is 458 g/mol. The Hall–Kier alpha value is -2.42. The molecular formula is C20H16BrN3O2S2. The van der Waals surface area contributed by atoms with Gasteiger partial charge in [-0.3, -0.25) is 4.72 Å². The molecule has 0 aliphatic heterocycles. The smallest absolute Gasteiger partial charge is 0.265 e. The fourth-order valence-corrected chi connectivity index (χ4v) is 5.33. The molecule has 5 nitrogen and oxygen atoms in total. The molecule has 4 rings (SSSR count). The number of para-hydroxylation sites is 1. The van der Waals surface area contributed by atoms with Crippen LogP contribution in [0.15, 0.2) is 81.6 Å². The van der Waals surface area contributed by atoms with Crippen molar-refractivity contribution < 1.29 is 8.42 Å². The molecule has 0 radical (unpaired) electrons. The summed E-state index contributed by atoms with van der Waals surface area (Å²) in [5.74, 6) is 0. The average molecular weight is 474 g/mol. The van der Waals surface area contributed by atoms with Crippen molar-refractivity contribution in [1.82, 2.24) is 9.78 Å². The highest BCUT2D eigenvalue weighted by Gasteiger charge is 2.25. The van der Waals surface area contributed by atoms with Crippen LogP contribution in [0, 0.1) is 6.92 Å². The maximum Gasteiger partial charge on any atom is 0.265 e. The van der Waals surface area contributed by atoms with Gasteiger partial charge in [0.25, 0.3) is 10.0 Å². The Morgan fingerprint density at radius 2 is 1.86 bits per heavy atom. The molecule has 0 saturated carbocycles. The molecule has 0 aliphatic carbocycles. The number of halogens is 1. The van der Waals surface area contributed by atoms with Crippen LogP contribution in [-0.2, 0) is 10.0 Å². The van der Waals surface area contributed by atoms with Gasteiger partial charge in [0.1, 0.15) is 10.6 Å².